The van der Waals surface area contributed by atoms with E-state index in [1.807, 2.05) is 38.7 Å². The van der Waals surface area contributed by atoms with E-state index in [-0.39, 0.29) is 58.1 Å². The van der Waals surface area contributed by atoms with Gasteiger partial charge < -0.3 is 14.2 Å². The molecule has 0 bridgehead atoms. The van der Waals surface area contributed by atoms with Crippen LogP contribution in [0, 0.1) is 18.6 Å². The largest absolute Gasteiger partial charge is 0.462 e. The maximum absolute atomic E-state index is 16.1. The molecule has 5 aromatic heterocycles. The van der Waals surface area contributed by atoms with Crippen molar-refractivity contribution in [2.24, 2.45) is 0 Å². The van der Waals surface area contributed by atoms with Gasteiger partial charge in [-0.25, -0.2) is 23.5 Å². The number of anilines is 1. The quantitative estimate of drug-likeness (QED) is 0.252. The number of aromatic nitrogens is 5. The van der Waals surface area contributed by atoms with Gasteiger partial charge in [-0.1, -0.05) is 20.4 Å². The molecule has 1 fully saturated rings. The first-order valence-electron chi connectivity index (χ1n) is 14.3. The van der Waals surface area contributed by atoms with Crippen molar-refractivity contribution in [3.05, 3.63) is 88.5 Å². The summed E-state index contributed by atoms with van der Waals surface area (Å²) in [5, 5.41) is 0.277. The van der Waals surface area contributed by atoms with Gasteiger partial charge in [-0.2, -0.15) is 4.98 Å². The summed E-state index contributed by atoms with van der Waals surface area (Å²) in [5.41, 5.74) is 1.94. The molecule has 0 aromatic carbocycles. The molecule has 12 heteroatoms. The molecule has 1 atom stereocenters. The molecule has 1 aliphatic rings. The topological polar surface area (TPSA) is 110 Å². The molecular formula is C32H31F2N7O3. The fourth-order valence-electron chi connectivity index (χ4n) is 5.87. The fraction of sp³-hybridized carbons (Fsp3) is 0.312. The van der Waals surface area contributed by atoms with Crippen LogP contribution in [0.4, 0.5) is 14.6 Å². The Hall–Kier alpha value is -5.00. The lowest BCUT2D eigenvalue weighted by Crippen LogP contribution is -2.54. The number of rotatable bonds is 6. The van der Waals surface area contributed by atoms with Crippen molar-refractivity contribution in [3.8, 4) is 11.3 Å². The Morgan fingerprint density at radius 3 is 2.70 bits per heavy atom. The maximum atomic E-state index is 16.1. The number of pyridine rings is 3. The summed E-state index contributed by atoms with van der Waals surface area (Å²) in [4.78, 5) is 47.3. The van der Waals surface area contributed by atoms with Gasteiger partial charge in [0.25, 0.3) is 0 Å². The third kappa shape index (κ3) is 4.89. The zero-order valence-electron chi connectivity index (χ0n) is 24.8. The third-order valence-corrected chi connectivity index (χ3v) is 8.12. The predicted molar refractivity (Wildman–Crippen MR) is 162 cm³/mol. The summed E-state index contributed by atoms with van der Waals surface area (Å²) >= 11 is 0. The highest BCUT2D eigenvalue weighted by Gasteiger charge is 2.30. The average molecular weight is 600 g/mol. The van der Waals surface area contributed by atoms with Crippen molar-refractivity contribution in [3.63, 3.8) is 0 Å². The number of nitrogens with zero attached hydrogens (tertiary/aromatic N) is 7. The third-order valence-electron chi connectivity index (χ3n) is 8.12. The highest BCUT2D eigenvalue weighted by atomic mass is 19.1. The van der Waals surface area contributed by atoms with Gasteiger partial charge >= 0.3 is 5.69 Å². The van der Waals surface area contributed by atoms with Gasteiger partial charge in [0.2, 0.25) is 5.91 Å². The van der Waals surface area contributed by atoms with E-state index in [0.717, 1.165) is 23.0 Å². The summed E-state index contributed by atoms with van der Waals surface area (Å²) < 4.78 is 38.2. The summed E-state index contributed by atoms with van der Waals surface area (Å²) in [6, 6.07) is 4.39. The van der Waals surface area contributed by atoms with Crippen LogP contribution in [0.1, 0.15) is 43.5 Å². The first kappa shape index (κ1) is 29.1. The van der Waals surface area contributed by atoms with Crippen molar-refractivity contribution in [1.29, 1.82) is 0 Å². The molecule has 226 valence electrons. The number of hydrogen-bond donors (Lipinski definition) is 0. The van der Waals surface area contributed by atoms with Gasteiger partial charge in [0.05, 0.1) is 30.0 Å². The van der Waals surface area contributed by atoms with Gasteiger partial charge in [-0.3, -0.25) is 14.3 Å². The number of aryl methyl sites for hydroxylation is 1. The summed E-state index contributed by atoms with van der Waals surface area (Å²) in [6.07, 6.45) is 5.32. The van der Waals surface area contributed by atoms with E-state index in [9.17, 15) is 9.59 Å². The fourth-order valence-corrected chi connectivity index (χ4v) is 5.87. The van der Waals surface area contributed by atoms with Gasteiger partial charge in [0.1, 0.15) is 22.7 Å². The Kier molecular flexibility index (Phi) is 7.44. The molecule has 5 aromatic rings. The van der Waals surface area contributed by atoms with E-state index < -0.39 is 17.3 Å². The standard InChI is InChI=1S/C32H31F2N7O3/c1-6-25(42)39-10-11-40(19(5)15-39)31-20-13-22(33)28(26-23(34)14-36-24-8-12-44-29(24)26)37-30(20)41(32(43)38-31)16-21-18(4)7-9-35-27(21)17(2)3/h6-9,12-14,17,19H,1,10-11,15-16H2,2-5H3/t19-/m0/s1. The van der Waals surface area contributed by atoms with E-state index in [0.29, 0.717) is 25.2 Å². The van der Waals surface area contributed by atoms with Crippen LogP contribution >= 0.6 is 0 Å². The molecule has 0 saturated carbocycles. The normalized spacial score (nSPS) is 15.5. The van der Waals surface area contributed by atoms with Crippen LogP contribution in [-0.4, -0.2) is 61.0 Å². The smallest absolute Gasteiger partial charge is 0.351 e. The predicted octanol–water partition coefficient (Wildman–Crippen LogP) is 4.98. The monoisotopic (exact) mass is 599 g/mol. The summed E-state index contributed by atoms with van der Waals surface area (Å²) in [5.74, 6) is -1.53. The Morgan fingerprint density at radius 2 is 1.98 bits per heavy atom. The van der Waals surface area contributed by atoms with Gasteiger partial charge in [0, 0.05) is 43.6 Å². The second kappa shape index (κ2) is 11.3. The molecule has 0 unspecified atom stereocenters. The molecular weight excluding hydrogens is 568 g/mol. The Bertz CT molecular complexity index is 2000. The molecule has 10 nitrogen and oxygen atoms in total. The van der Waals surface area contributed by atoms with Gasteiger partial charge in [0.15, 0.2) is 17.2 Å². The van der Waals surface area contributed by atoms with Crippen molar-refractivity contribution in [2.45, 2.75) is 46.2 Å². The van der Waals surface area contributed by atoms with E-state index in [1.54, 1.807) is 17.2 Å². The number of carbonyl (C=O) groups is 1. The molecule has 1 saturated heterocycles. The van der Waals surface area contributed by atoms with E-state index >= 15 is 8.78 Å². The van der Waals surface area contributed by atoms with Crippen molar-refractivity contribution in [2.75, 3.05) is 24.5 Å². The van der Waals surface area contributed by atoms with Crippen molar-refractivity contribution < 1.29 is 18.0 Å². The SMILES string of the molecule is C=CC(=O)N1CCN(c2nc(=O)n(Cc3c(C)ccnc3C(C)C)c3nc(-c4c(F)cnc5ccoc45)c(F)cc23)[C@@H](C)C1. The van der Waals surface area contributed by atoms with Crippen LogP contribution in [0.25, 0.3) is 33.4 Å². The number of carbonyl (C=O) groups excluding carboxylic acids is 1. The second-order valence-electron chi connectivity index (χ2n) is 11.3. The minimum atomic E-state index is -0.817. The lowest BCUT2D eigenvalue weighted by Gasteiger charge is -2.40. The van der Waals surface area contributed by atoms with E-state index in [1.165, 1.54) is 23.0 Å². The average Bonchev–Trinajstić information content (AvgIpc) is 3.47. The maximum Gasteiger partial charge on any atom is 0.351 e. The molecule has 44 heavy (non-hydrogen) atoms. The zero-order valence-corrected chi connectivity index (χ0v) is 24.8. The van der Waals surface area contributed by atoms with Crippen molar-refractivity contribution >= 4 is 33.9 Å². The molecule has 6 rings (SSSR count). The van der Waals surface area contributed by atoms with E-state index in [2.05, 4.69) is 26.5 Å². The summed E-state index contributed by atoms with van der Waals surface area (Å²) in [7, 11) is 0. The number of amides is 1. The number of fused-ring (bicyclic) bond motifs is 2. The minimum Gasteiger partial charge on any atom is -0.462 e. The van der Waals surface area contributed by atoms with Gasteiger partial charge in [-0.15, -0.1) is 0 Å². The highest BCUT2D eigenvalue weighted by molar-refractivity contribution is 5.94. The molecule has 6 heterocycles. The van der Waals surface area contributed by atoms with Crippen LogP contribution in [-0.2, 0) is 11.3 Å². The molecule has 0 spiro atoms. The molecule has 0 N–H and O–H groups in total. The number of hydrogen-bond acceptors (Lipinski definition) is 8. The molecule has 1 amide bonds. The van der Waals surface area contributed by atoms with Gasteiger partial charge in [-0.05, 0) is 49.1 Å². The van der Waals surface area contributed by atoms with Crippen LogP contribution in [0.5, 0.6) is 0 Å². The van der Waals surface area contributed by atoms with Crippen LogP contribution < -0.4 is 10.6 Å². The molecule has 0 aliphatic carbocycles. The molecule has 1 aliphatic heterocycles. The highest BCUT2D eigenvalue weighted by Crippen LogP contribution is 2.35. The van der Waals surface area contributed by atoms with E-state index in [4.69, 9.17) is 4.42 Å². The Labute approximate surface area is 251 Å². The number of piperazine rings is 1. The Morgan fingerprint density at radius 1 is 1.18 bits per heavy atom. The minimum absolute atomic E-state index is 0.0424. The Balaban J connectivity index is 1.60. The first-order chi connectivity index (χ1) is 21.1. The number of halogens is 2. The lowest BCUT2D eigenvalue weighted by molar-refractivity contribution is -0.126. The number of furan rings is 1. The van der Waals surface area contributed by atoms with Crippen LogP contribution in [0.2, 0.25) is 0 Å². The second-order valence-corrected chi connectivity index (χ2v) is 11.3. The summed E-state index contributed by atoms with van der Waals surface area (Å²) in [6.45, 7) is 12.6. The zero-order chi connectivity index (χ0) is 31.3. The van der Waals surface area contributed by atoms with Crippen LogP contribution in [0.15, 0.2) is 58.7 Å². The van der Waals surface area contributed by atoms with Crippen molar-refractivity contribution in [1.82, 2.24) is 29.4 Å². The first-order valence-corrected chi connectivity index (χ1v) is 14.3. The molecule has 0 radical (unpaired) electrons. The van der Waals surface area contributed by atoms with Crippen LogP contribution in [0.3, 0.4) is 0 Å². The lowest BCUT2D eigenvalue weighted by atomic mass is 9.99.